The molecule has 1 fully saturated rings. The van der Waals surface area contributed by atoms with Crippen LogP contribution in [0.2, 0.25) is 5.02 Å². The lowest BCUT2D eigenvalue weighted by molar-refractivity contribution is 0.0394. The fourth-order valence-electron chi connectivity index (χ4n) is 4.05. The minimum Gasteiger partial charge on any atom is -0.289 e. The number of hydrogen-bond donors (Lipinski definition) is 0. The van der Waals surface area contributed by atoms with Gasteiger partial charge in [0.25, 0.3) is 0 Å². The Kier molecular flexibility index (Phi) is 5.63. The number of nitrogens with zero attached hydrogens (tertiary/aromatic N) is 4. The molecule has 0 aliphatic carbocycles. The second kappa shape index (κ2) is 8.49. The van der Waals surface area contributed by atoms with Crippen LogP contribution in [-0.4, -0.2) is 17.5 Å². The van der Waals surface area contributed by atoms with Gasteiger partial charge in [-0.05, 0) is 40.8 Å². The van der Waals surface area contributed by atoms with Gasteiger partial charge in [-0.15, -0.1) is 0 Å². The zero-order chi connectivity index (χ0) is 19.3. The fourth-order valence-corrected chi connectivity index (χ4v) is 4.24. The van der Waals surface area contributed by atoms with Gasteiger partial charge in [-0.1, -0.05) is 89.5 Å². The Morgan fingerprint density at radius 3 is 2.00 bits per heavy atom. The Labute approximate surface area is 170 Å². The zero-order valence-electron chi connectivity index (χ0n) is 15.4. The molecule has 0 radical (unpaired) electrons. The van der Waals surface area contributed by atoms with Crippen molar-refractivity contribution >= 4 is 11.6 Å². The summed E-state index contributed by atoms with van der Waals surface area (Å²) >= 11 is 6.20. The summed E-state index contributed by atoms with van der Waals surface area (Å²) in [5, 5.41) is 4.81. The monoisotopic (exact) mass is 388 g/mol. The minimum atomic E-state index is -0.271. The molecule has 140 valence electrons. The van der Waals surface area contributed by atoms with Crippen LogP contribution in [0.15, 0.2) is 90.0 Å². The molecule has 3 aromatic rings. The highest BCUT2D eigenvalue weighted by Gasteiger charge is 2.40. The molecule has 3 aromatic carbocycles. The van der Waals surface area contributed by atoms with Crippen LogP contribution < -0.4 is 0 Å². The number of hydrogen-bond acceptors (Lipinski definition) is 2. The average molecular weight is 389 g/mol. The van der Waals surface area contributed by atoms with E-state index in [4.69, 9.17) is 11.6 Å². The largest absolute Gasteiger partial charge is 0.289 e. The van der Waals surface area contributed by atoms with E-state index in [0.717, 1.165) is 18.5 Å². The Hall–Kier alpha value is -2.78. The van der Waals surface area contributed by atoms with Gasteiger partial charge in [0, 0.05) is 22.5 Å². The van der Waals surface area contributed by atoms with E-state index in [9.17, 15) is 5.53 Å². The fraction of sp³-hybridized carbons (Fsp3) is 0.217. The van der Waals surface area contributed by atoms with Crippen LogP contribution in [-0.2, 0) is 0 Å². The van der Waals surface area contributed by atoms with Gasteiger partial charge < -0.3 is 0 Å². The molecular weight excluding hydrogens is 368 g/mol. The normalized spacial score (nSPS) is 17.6. The van der Waals surface area contributed by atoms with E-state index in [1.807, 2.05) is 36.4 Å². The average Bonchev–Trinajstić information content (AvgIpc) is 2.72. The highest BCUT2D eigenvalue weighted by Crippen LogP contribution is 2.42. The van der Waals surface area contributed by atoms with E-state index in [1.165, 1.54) is 11.1 Å². The van der Waals surface area contributed by atoms with Gasteiger partial charge >= 0.3 is 0 Å². The SMILES string of the molecule is [N-]=[N+]=N[C@@H](c1cccc(Cl)c1)[C@@H]1CCN1C(c1ccccc1)c1ccccc1. The number of halogens is 1. The first kappa shape index (κ1) is 18.6. The molecule has 0 unspecified atom stereocenters. The molecule has 0 bridgehead atoms. The van der Waals surface area contributed by atoms with E-state index in [1.54, 1.807) is 0 Å². The van der Waals surface area contributed by atoms with E-state index < -0.39 is 0 Å². The van der Waals surface area contributed by atoms with Crippen LogP contribution >= 0.6 is 11.6 Å². The molecule has 5 heteroatoms. The van der Waals surface area contributed by atoms with E-state index >= 15 is 0 Å². The third-order valence-electron chi connectivity index (χ3n) is 5.40. The summed E-state index contributed by atoms with van der Waals surface area (Å²) in [7, 11) is 0. The lowest BCUT2D eigenvalue weighted by atomic mass is 9.85. The maximum absolute atomic E-state index is 9.20. The zero-order valence-corrected chi connectivity index (χ0v) is 16.2. The second-order valence-electron chi connectivity index (χ2n) is 7.02. The first-order valence-electron chi connectivity index (χ1n) is 9.43. The first-order chi connectivity index (χ1) is 13.8. The Morgan fingerprint density at radius 2 is 1.50 bits per heavy atom. The molecule has 0 amide bonds. The number of benzene rings is 3. The highest BCUT2D eigenvalue weighted by atomic mass is 35.5. The van der Waals surface area contributed by atoms with Gasteiger partial charge in [-0.2, -0.15) is 0 Å². The van der Waals surface area contributed by atoms with Gasteiger partial charge in [0.15, 0.2) is 0 Å². The molecule has 4 nitrogen and oxygen atoms in total. The molecule has 1 heterocycles. The van der Waals surface area contributed by atoms with Crippen molar-refractivity contribution in [3.63, 3.8) is 0 Å². The van der Waals surface area contributed by atoms with E-state index in [0.29, 0.717) is 5.02 Å². The lowest BCUT2D eigenvalue weighted by Gasteiger charge is -2.49. The van der Waals surface area contributed by atoms with Crippen molar-refractivity contribution in [3.05, 3.63) is 117 Å². The molecule has 1 aliphatic heterocycles. The van der Waals surface area contributed by atoms with Crippen molar-refractivity contribution in [1.82, 2.24) is 4.90 Å². The molecule has 0 saturated carbocycles. The summed E-state index contributed by atoms with van der Waals surface area (Å²) in [5.74, 6) is 0. The molecule has 0 aromatic heterocycles. The number of azide groups is 1. The second-order valence-corrected chi connectivity index (χ2v) is 7.46. The Balaban J connectivity index is 1.72. The summed E-state index contributed by atoms with van der Waals surface area (Å²) < 4.78 is 0. The molecule has 4 rings (SSSR count). The topological polar surface area (TPSA) is 52.0 Å². The molecule has 1 saturated heterocycles. The molecular formula is C23H21ClN4. The molecule has 0 spiro atoms. The van der Waals surface area contributed by atoms with Gasteiger partial charge in [-0.25, -0.2) is 0 Å². The maximum Gasteiger partial charge on any atom is 0.0782 e. The quantitative estimate of drug-likeness (QED) is 0.268. The van der Waals surface area contributed by atoms with Crippen LogP contribution in [0.1, 0.15) is 35.2 Å². The molecule has 0 N–H and O–H groups in total. The summed E-state index contributed by atoms with van der Waals surface area (Å²) in [6.45, 7) is 0.955. The van der Waals surface area contributed by atoms with Crippen LogP contribution in [0.4, 0.5) is 0 Å². The van der Waals surface area contributed by atoms with Crippen LogP contribution in [0.5, 0.6) is 0 Å². The minimum absolute atomic E-state index is 0.122. The molecule has 1 aliphatic rings. The van der Waals surface area contributed by atoms with Gasteiger partial charge in [0.1, 0.15) is 0 Å². The van der Waals surface area contributed by atoms with Crippen molar-refractivity contribution in [2.75, 3.05) is 6.54 Å². The van der Waals surface area contributed by atoms with Crippen molar-refractivity contribution in [3.8, 4) is 0 Å². The Morgan fingerprint density at radius 1 is 0.893 bits per heavy atom. The predicted molar refractivity (Wildman–Crippen MR) is 113 cm³/mol. The summed E-state index contributed by atoms with van der Waals surface area (Å²) in [6, 6.07) is 28.6. The Bertz CT molecular complexity index is 931. The van der Waals surface area contributed by atoms with Crippen molar-refractivity contribution in [2.24, 2.45) is 5.11 Å². The number of likely N-dealkylation sites (tertiary alicyclic amines) is 1. The predicted octanol–water partition coefficient (Wildman–Crippen LogP) is 6.56. The van der Waals surface area contributed by atoms with Crippen LogP contribution in [0, 0.1) is 0 Å². The van der Waals surface area contributed by atoms with Gasteiger partial charge in [0.2, 0.25) is 0 Å². The first-order valence-corrected chi connectivity index (χ1v) is 9.81. The number of rotatable bonds is 6. The van der Waals surface area contributed by atoms with Crippen molar-refractivity contribution < 1.29 is 0 Å². The highest BCUT2D eigenvalue weighted by molar-refractivity contribution is 6.30. The summed E-state index contributed by atoms with van der Waals surface area (Å²) in [4.78, 5) is 5.57. The van der Waals surface area contributed by atoms with Gasteiger partial charge in [0.05, 0.1) is 12.1 Å². The molecule has 2 atom stereocenters. The third-order valence-corrected chi connectivity index (χ3v) is 5.64. The summed E-state index contributed by atoms with van der Waals surface area (Å²) in [5.41, 5.74) is 12.6. The summed E-state index contributed by atoms with van der Waals surface area (Å²) in [6.07, 6.45) is 0.979. The molecule has 28 heavy (non-hydrogen) atoms. The van der Waals surface area contributed by atoms with E-state index in [-0.39, 0.29) is 18.1 Å². The van der Waals surface area contributed by atoms with Crippen LogP contribution in [0.25, 0.3) is 10.4 Å². The van der Waals surface area contributed by atoms with Crippen molar-refractivity contribution in [1.29, 1.82) is 0 Å². The lowest BCUT2D eigenvalue weighted by Crippen LogP contribution is -2.52. The third kappa shape index (κ3) is 3.76. The smallest absolute Gasteiger partial charge is 0.0782 e. The van der Waals surface area contributed by atoms with Gasteiger partial charge in [-0.3, -0.25) is 4.90 Å². The van der Waals surface area contributed by atoms with Crippen LogP contribution in [0.3, 0.4) is 0 Å². The van der Waals surface area contributed by atoms with E-state index in [2.05, 4.69) is 63.5 Å². The maximum atomic E-state index is 9.20. The standard InChI is InChI=1S/C23H21ClN4/c24-20-13-7-12-19(16-20)22(26-27-25)21-14-15-28(21)23(17-8-3-1-4-9-17)18-10-5-2-6-11-18/h1-13,16,21-23H,14-15H2/t21-,22-/m0/s1. The van der Waals surface area contributed by atoms with Crippen molar-refractivity contribution in [2.45, 2.75) is 24.5 Å².